The van der Waals surface area contributed by atoms with Gasteiger partial charge in [0.15, 0.2) is 0 Å². The smallest absolute Gasteiger partial charge is 0.250 e. The molecule has 176 valence electrons. The lowest BCUT2D eigenvalue weighted by atomic mass is 9.76. The summed E-state index contributed by atoms with van der Waals surface area (Å²) < 4.78 is 0. The number of nitrogens with zero attached hydrogens (tertiary/aromatic N) is 1. The Balaban J connectivity index is 1.59. The molecule has 5 rings (SSSR count). The number of halogens is 1. The third-order valence-corrected chi connectivity index (χ3v) is 7.35. The number of anilines is 2. The van der Waals surface area contributed by atoms with E-state index >= 15 is 0 Å². The number of carbonyl (C=O) groups excluding carboxylic acids is 4. The van der Waals surface area contributed by atoms with Gasteiger partial charge in [0.05, 0.1) is 17.5 Å². The maximum absolute atomic E-state index is 13.8. The number of amides is 4. The van der Waals surface area contributed by atoms with Gasteiger partial charge in [-0.05, 0) is 48.7 Å². The lowest BCUT2D eigenvalue weighted by molar-refractivity contribution is -0.130. The molecule has 4 amide bonds. The van der Waals surface area contributed by atoms with E-state index in [4.69, 9.17) is 17.3 Å². The van der Waals surface area contributed by atoms with Gasteiger partial charge in [0.2, 0.25) is 23.6 Å². The fourth-order valence-corrected chi connectivity index (χ4v) is 5.78. The molecule has 3 aliphatic heterocycles. The molecular weight excluding hydrogens is 456 g/mol. The summed E-state index contributed by atoms with van der Waals surface area (Å²) in [6.07, 6.45) is 2.84. The number of rotatable bonds is 6. The Morgan fingerprint density at radius 2 is 1.85 bits per heavy atom. The molecule has 1 spiro atoms. The Bertz CT molecular complexity index is 1210. The number of benzene rings is 2. The van der Waals surface area contributed by atoms with Crippen LogP contribution in [0.15, 0.2) is 42.5 Å². The second-order valence-electron chi connectivity index (χ2n) is 9.16. The molecule has 4 atom stereocenters. The molecule has 8 nitrogen and oxygen atoms in total. The van der Waals surface area contributed by atoms with Crippen molar-refractivity contribution in [2.75, 3.05) is 10.2 Å². The molecule has 0 bridgehead atoms. The molecule has 34 heavy (non-hydrogen) atoms. The van der Waals surface area contributed by atoms with Gasteiger partial charge < -0.3 is 11.1 Å². The van der Waals surface area contributed by atoms with Crippen molar-refractivity contribution in [3.05, 3.63) is 58.6 Å². The molecule has 2 aromatic rings. The van der Waals surface area contributed by atoms with Gasteiger partial charge in [0.1, 0.15) is 5.54 Å². The van der Waals surface area contributed by atoms with E-state index < -0.39 is 47.0 Å². The molecule has 2 saturated heterocycles. The molecule has 3 heterocycles. The fraction of sp³-hybridized carbons (Fsp3) is 0.360. The number of aryl methyl sites for hydroxylation is 1. The molecule has 0 unspecified atom stereocenters. The predicted octanol–water partition coefficient (Wildman–Crippen LogP) is 2.48. The third kappa shape index (κ3) is 3.24. The normalized spacial score (nSPS) is 27.3. The van der Waals surface area contributed by atoms with Crippen LogP contribution >= 0.6 is 11.6 Å². The highest BCUT2D eigenvalue weighted by molar-refractivity contribution is 6.31. The van der Waals surface area contributed by atoms with Gasteiger partial charge in [-0.3, -0.25) is 24.5 Å². The van der Waals surface area contributed by atoms with E-state index in [1.165, 1.54) is 0 Å². The van der Waals surface area contributed by atoms with Crippen molar-refractivity contribution in [2.45, 2.75) is 44.2 Å². The summed E-state index contributed by atoms with van der Waals surface area (Å²) in [5.41, 5.74) is 6.52. The van der Waals surface area contributed by atoms with Crippen LogP contribution in [-0.4, -0.2) is 29.7 Å². The topological polar surface area (TPSA) is 122 Å². The molecule has 3 aliphatic rings. The minimum Gasteiger partial charge on any atom is -0.370 e. The van der Waals surface area contributed by atoms with Crippen molar-refractivity contribution in [2.24, 2.45) is 17.6 Å². The number of hydrogen-bond donors (Lipinski definition) is 3. The first-order valence-corrected chi connectivity index (χ1v) is 11.8. The summed E-state index contributed by atoms with van der Waals surface area (Å²) in [5.74, 6) is -3.98. The number of carbonyl (C=O) groups is 4. The second kappa shape index (κ2) is 8.21. The number of fused-ring (bicyclic) bond motifs is 4. The maximum atomic E-state index is 13.8. The minimum absolute atomic E-state index is 0.186. The lowest BCUT2D eigenvalue weighted by Gasteiger charge is -2.29. The Hall–Kier alpha value is -3.23. The maximum Gasteiger partial charge on any atom is 0.250 e. The highest BCUT2D eigenvalue weighted by atomic mass is 35.5. The molecule has 2 fully saturated rings. The zero-order valence-corrected chi connectivity index (χ0v) is 19.4. The second-order valence-corrected chi connectivity index (χ2v) is 9.60. The van der Waals surface area contributed by atoms with Crippen LogP contribution in [0.2, 0.25) is 5.02 Å². The van der Waals surface area contributed by atoms with Gasteiger partial charge in [-0.2, -0.15) is 0 Å². The number of unbranched alkanes of at least 4 members (excludes halogenated alkanes) is 1. The molecule has 2 aromatic carbocycles. The Morgan fingerprint density at radius 3 is 2.53 bits per heavy atom. The molecule has 0 radical (unpaired) electrons. The van der Waals surface area contributed by atoms with E-state index in [0.29, 0.717) is 22.0 Å². The van der Waals surface area contributed by atoms with Crippen LogP contribution in [0, 0.1) is 11.8 Å². The summed E-state index contributed by atoms with van der Waals surface area (Å²) in [4.78, 5) is 53.8. The molecule has 0 aliphatic carbocycles. The van der Waals surface area contributed by atoms with E-state index in [9.17, 15) is 19.2 Å². The van der Waals surface area contributed by atoms with E-state index in [-0.39, 0.29) is 6.42 Å². The monoisotopic (exact) mass is 480 g/mol. The van der Waals surface area contributed by atoms with Gasteiger partial charge in [-0.1, -0.05) is 37.1 Å². The Kier molecular flexibility index (Phi) is 5.45. The lowest BCUT2D eigenvalue weighted by Crippen LogP contribution is -2.53. The molecule has 9 heteroatoms. The first kappa shape index (κ1) is 22.6. The third-order valence-electron chi connectivity index (χ3n) is 7.11. The average molecular weight is 481 g/mol. The van der Waals surface area contributed by atoms with Crippen LogP contribution in [0.25, 0.3) is 0 Å². The summed E-state index contributed by atoms with van der Waals surface area (Å²) in [6.45, 7) is 2.12. The highest BCUT2D eigenvalue weighted by Crippen LogP contribution is 2.54. The minimum atomic E-state index is -1.52. The van der Waals surface area contributed by atoms with Gasteiger partial charge in [-0.25, -0.2) is 4.90 Å². The van der Waals surface area contributed by atoms with Crippen molar-refractivity contribution in [1.29, 1.82) is 0 Å². The number of primary amides is 1. The quantitative estimate of drug-likeness (QED) is 0.548. The molecular formula is C25H25ClN4O4. The van der Waals surface area contributed by atoms with Crippen molar-refractivity contribution < 1.29 is 19.2 Å². The SMILES string of the molecule is CCCCc1ccc(N2C(=O)[C@H]3[C@H](CC(N)=O)N[C@]4(C(=O)Nc5ccc(Cl)cc54)[C@@H]3C2=O)cc1. The van der Waals surface area contributed by atoms with Crippen molar-refractivity contribution in [1.82, 2.24) is 5.32 Å². The summed E-state index contributed by atoms with van der Waals surface area (Å²) in [7, 11) is 0. The summed E-state index contributed by atoms with van der Waals surface area (Å²) in [5, 5.41) is 6.35. The zero-order chi connectivity index (χ0) is 24.2. The molecule has 4 N–H and O–H groups in total. The number of imide groups is 1. The number of nitrogens with two attached hydrogens (primary N) is 1. The van der Waals surface area contributed by atoms with Gasteiger partial charge in [0.25, 0.3) is 0 Å². The Morgan fingerprint density at radius 1 is 1.12 bits per heavy atom. The van der Waals surface area contributed by atoms with Crippen LogP contribution in [0.1, 0.15) is 37.3 Å². The van der Waals surface area contributed by atoms with Gasteiger partial charge >= 0.3 is 0 Å². The van der Waals surface area contributed by atoms with Crippen molar-refractivity contribution >= 4 is 46.6 Å². The number of hydrogen-bond acceptors (Lipinski definition) is 5. The highest BCUT2D eigenvalue weighted by Gasteiger charge is 2.70. The van der Waals surface area contributed by atoms with Crippen molar-refractivity contribution in [3.63, 3.8) is 0 Å². The fourth-order valence-electron chi connectivity index (χ4n) is 5.61. The average Bonchev–Trinajstić information content (AvgIpc) is 3.37. The van der Waals surface area contributed by atoms with Crippen LogP contribution in [0.5, 0.6) is 0 Å². The van der Waals surface area contributed by atoms with Gasteiger partial charge in [0, 0.05) is 28.7 Å². The standard InChI is InChI=1S/C25H25ClN4O4/c1-2-3-4-13-5-8-15(9-6-13)30-22(32)20-18(12-19(27)31)29-25(21(20)23(30)33)16-11-14(26)7-10-17(16)28-24(25)34/h5-11,18,20-21,29H,2-4,12H2,1H3,(H2,27,31)(H,28,34)/t18-,20-,21-,25-/m0/s1. The molecule has 0 aromatic heterocycles. The van der Waals surface area contributed by atoms with Crippen LogP contribution < -0.4 is 21.3 Å². The van der Waals surface area contributed by atoms with E-state index in [0.717, 1.165) is 29.7 Å². The van der Waals surface area contributed by atoms with Crippen LogP contribution in [-0.2, 0) is 31.1 Å². The molecule has 0 saturated carbocycles. The van der Waals surface area contributed by atoms with Crippen LogP contribution in [0.4, 0.5) is 11.4 Å². The zero-order valence-electron chi connectivity index (χ0n) is 18.6. The van der Waals surface area contributed by atoms with Gasteiger partial charge in [-0.15, -0.1) is 0 Å². The first-order valence-electron chi connectivity index (χ1n) is 11.4. The van der Waals surface area contributed by atoms with E-state index in [1.807, 2.05) is 12.1 Å². The Labute approximate surface area is 201 Å². The van der Waals surface area contributed by atoms with E-state index in [2.05, 4.69) is 17.6 Å². The first-order chi connectivity index (χ1) is 16.3. The number of nitrogens with one attached hydrogen (secondary N) is 2. The summed E-state index contributed by atoms with van der Waals surface area (Å²) in [6, 6.07) is 11.5. The summed E-state index contributed by atoms with van der Waals surface area (Å²) >= 11 is 6.23. The largest absolute Gasteiger partial charge is 0.370 e. The van der Waals surface area contributed by atoms with E-state index in [1.54, 1.807) is 30.3 Å². The van der Waals surface area contributed by atoms with Crippen LogP contribution in [0.3, 0.4) is 0 Å². The predicted molar refractivity (Wildman–Crippen MR) is 127 cm³/mol. The van der Waals surface area contributed by atoms with Crippen molar-refractivity contribution in [3.8, 4) is 0 Å².